The highest BCUT2D eigenvalue weighted by molar-refractivity contribution is 7.89. The van der Waals surface area contributed by atoms with Crippen LogP contribution in [0.3, 0.4) is 0 Å². The Hall–Kier alpha value is -2.69. The Bertz CT molecular complexity index is 1000. The zero-order valence-electron chi connectivity index (χ0n) is 16.9. The highest BCUT2D eigenvalue weighted by Gasteiger charge is 2.32. The van der Waals surface area contributed by atoms with Crippen molar-refractivity contribution in [2.45, 2.75) is 37.6 Å². The lowest BCUT2D eigenvalue weighted by Gasteiger charge is -2.34. The molecule has 0 aliphatic carbocycles. The van der Waals surface area contributed by atoms with E-state index in [0.29, 0.717) is 5.56 Å². The van der Waals surface area contributed by atoms with E-state index >= 15 is 0 Å². The Morgan fingerprint density at radius 2 is 1.70 bits per heavy atom. The molecule has 1 aliphatic heterocycles. The van der Waals surface area contributed by atoms with Gasteiger partial charge in [-0.15, -0.1) is 0 Å². The molecule has 30 heavy (non-hydrogen) atoms. The van der Waals surface area contributed by atoms with Gasteiger partial charge < -0.3 is 18.6 Å². The summed E-state index contributed by atoms with van der Waals surface area (Å²) in [7, 11) is -2.48. The van der Waals surface area contributed by atoms with Crippen molar-refractivity contribution < 1.29 is 36.6 Å². The number of carbonyl (C=O) groups is 2. The van der Waals surface area contributed by atoms with Gasteiger partial charge in [0.25, 0.3) is 0 Å². The molecular weight excluding hydrogens is 414 g/mol. The van der Waals surface area contributed by atoms with Crippen LogP contribution in [0.15, 0.2) is 45.9 Å². The Balaban J connectivity index is 1.67. The average molecular weight is 437 g/mol. The number of furan rings is 1. The lowest BCUT2D eigenvalue weighted by Crippen LogP contribution is -2.48. The molecule has 1 saturated heterocycles. The van der Waals surface area contributed by atoms with Gasteiger partial charge in [-0.1, -0.05) is 0 Å². The van der Waals surface area contributed by atoms with E-state index in [1.54, 1.807) is 0 Å². The monoisotopic (exact) mass is 437 g/mol. The summed E-state index contributed by atoms with van der Waals surface area (Å²) in [6.07, 6.45) is 0.897. The van der Waals surface area contributed by atoms with Crippen molar-refractivity contribution in [3.05, 3.63) is 53.5 Å². The summed E-state index contributed by atoms with van der Waals surface area (Å²) in [5, 5.41) is 0. The Kier molecular flexibility index (Phi) is 6.59. The lowest BCUT2D eigenvalue weighted by atomic mass is 10.2. The number of morpholine rings is 1. The second kappa shape index (κ2) is 8.99. The molecule has 9 nitrogen and oxygen atoms in total. The summed E-state index contributed by atoms with van der Waals surface area (Å²) in [6, 6.07) is 7.01. The predicted octanol–water partition coefficient (Wildman–Crippen LogP) is 2.22. The summed E-state index contributed by atoms with van der Waals surface area (Å²) in [5.74, 6) is -1.38. The molecule has 0 bridgehead atoms. The molecule has 162 valence electrons. The van der Waals surface area contributed by atoms with Gasteiger partial charge in [0.05, 0.1) is 36.0 Å². The van der Waals surface area contributed by atoms with Gasteiger partial charge in [0.15, 0.2) is 0 Å². The summed E-state index contributed by atoms with van der Waals surface area (Å²) in [6.45, 7) is 3.99. The van der Waals surface area contributed by atoms with E-state index < -0.39 is 22.0 Å². The van der Waals surface area contributed by atoms with E-state index in [1.807, 2.05) is 13.8 Å². The number of benzene rings is 1. The minimum atomic E-state index is -3.70. The number of ether oxygens (including phenoxy) is 3. The fourth-order valence-corrected chi connectivity index (χ4v) is 4.78. The fraction of sp³-hybridized carbons (Fsp3) is 0.400. The number of carbonyl (C=O) groups excluding carboxylic acids is 2. The molecule has 2 unspecified atom stereocenters. The van der Waals surface area contributed by atoms with E-state index in [-0.39, 0.29) is 48.1 Å². The molecule has 2 atom stereocenters. The topological polar surface area (TPSA) is 112 Å². The van der Waals surface area contributed by atoms with Crippen LogP contribution in [-0.4, -0.2) is 57.1 Å². The van der Waals surface area contributed by atoms with Crippen molar-refractivity contribution in [3.63, 3.8) is 0 Å². The first-order chi connectivity index (χ1) is 14.2. The third-order valence-corrected chi connectivity index (χ3v) is 6.44. The van der Waals surface area contributed by atoms with E-state index in [0.717, 1.165) is 0 Å². The summed E-state index contributed by atoms with van der Waals surface area (Å²) >= 11 is 0. The molecule has 2 heterocycles. The van der Waals surface area contributed by atoms with Crippen LogP contribution < -0.4 is 0 Å². The molecule has 1 aliphatic rings. The number of hydrogen-bond acceptors (Lipinski definition) is 8. The van der Waals surface area contributed by atoms with Gasteiger partial charge in [0.1, 0.15) is 6.61 Å². The maximum absolute atomic E-state index is 12.9. The third kappa shape index (κ3) is 4.72. The highest BCUT2D eigenvalue weighted by Crippen LogP contribution is 2.22. The number of rotatable bonds is 6. The van der Waals surface area contributed by atoms with Crippen molar-refractivity contribution in [3.8, 4) is 0 Å². The minimum absolute atomic E-state index is 0.0410. The molecule has 0 saturated carbocycles. The van der Waals surface area contributed by atoms with Crippen molar-refractivity contribution in [2.24, 2.45) is 0 Å². The van der Waals surface area contributed by atoms with Crippen LogP contribution in [0.2, 0.25) is 0 Å². The minimum Gasteiger partial charge on any atom is -0.463 e. The summed E-state index contributed by atoms with van der Waals surface area (Å²) in [5.41, 5.74) is 0.547. The SMILES string of the molecule is COC(=O)c1occc1COC(=O)c1ccc(S(=O)(=O)N2CC(C)OC(C)C2)cc1. The molecule has 1 aromatic heterocycles. The molecule has 2 aromatic rings. The summed E-state index contributed by atoms with van der Waals surface area (Å²) < 4.78 is 47.5. The van der Waals surface area contributed by atoms with Crippen molar-refractivity contribution in [1.82, 2.24) is 4.31 Å². The predicted molar refractivity (Wildman–Crippen MR) is 104 cm³/mol. The number of esters is 2. The second-order valence-electron chi connectivity index (χ2n) is 6.95. The first-order valence-corrected chi connectivity index (χ1v) is 10.7. The molecule has 0 spiro atoms. The van der Waals surface area contributed by atoms with E-state index in [2.05, 4.69) is 4.74 Å². The smallest absolute Gasteiger partial charge is 0.374 e. The highest BCUT2D eigenvalue weighted by atomic mass is 32.2. The van der Waals surface area contributed by atoms with Crippen LogP contribution in [-0.2, 0) is 30.8 Å². The first kappa shape index (κ1) is 22.0. The van der Waals surface area contributed by atoms with Gasteiger partial charge in [-0.25, -0.2) is 18.0 Å². The van der Waals surface area contributed by atoms with Gasteiger partial charge >= 0.3 is 11.9 Å². The second-order valence-corrected chi connectivity index (χ2v) is 8.88. The van der Waals surface area contributed by atoms with Crippen LogP contribution >= 0.6 is 0 Å². The Labute approximate surface area is 174 Å². The standard InChI is InChI=1S/C20H23NO8S/c1-13-10-21(11-14(2)29-13)30(24,25)17-6-4-15(5-7-17)19(22)28-12-16-8-9-27-18(16)20(23)26-3/h4-9,13-14H,10-12H2,1-3H3. The van der Waals surface area contributed by atoms with Gasteiger partial charge in [-0.05, 0) is 44.2 Å². The number of hydrogen-bond donors (Lipinski definition) is 0. The lowest BCUT2D eigenvalue weighted by molar-refractivity contribution is -0.0440. The van der Waals surface area contributed by atoms with Gasteiger partial charge in [-0.2, -0.15) is 4.31 Å². The van der Waals surface area contributed by atoms with Gasteiger partial charge in [-0.3, -0.25) is 0 Å². The number of methoxy groups -OCH3 is 1. The van der Waals surface area contributed by atoms with Crippen LogP contribution in [0.5, 0.6) is 0 Å². The molecule has 0 N–H and O–H groups in total. The quantitative estimate of drug-likeness (QED) is 0.633. The largest absolute Gasteiger partial charge is 0.463 e. The maximum Gasteiger partial charge on any atom is 0.374 e. The van der Waals surface area contributed by atoms with E-state index in [4.69, 9.17) is 13.9 Å². The normalized spacial score (nSPS) is 20.0. The number of nitrogens with zero attached hydrogens (tertiary/aromatic N) is 1. The zero-order chi connectivity index (χ0) is 21.9. The first-order valence-electron chi connectivity index (χ1n) is 9.30. The van der Waals surface area contributed by atoms with Gasteiger partial charge in [0.2, 0.25) is 15.8 Å². The zero-order valence-corrected chi connectivity index (χ0v) is 17.7. The molecule has 1 aromatic carbocycles. The molecule has 10 heteroatoms. The van der Waals surface area contributed by atoms with Crippen molar-refractivity contribution in [2.75, 3.05) is 20.2 Å². The van der Waals surface area contributed by atoms with Gasteiger partial charge in [0, 0.05) is 18.7 Å². The van der Waals surface area contributed by atoms with Crippen LogP contribution in [0.4, 0.5) is 0 Å². The molecule has 3 rings (SSSR count). The van der Waals surface area contributed by atoms with E-state index in [1.165, 1.54) is 48.0 Å². The third-order valence-electron chi connectivity index (χ3n) is 4.59. The van der Waals surface area contributed by atoms with Crippen LogP contribution in [0.1, 0.15) is 40.3 Å². The van der Waals surface area contributed by atoms with Crippen LogP contribution in [0.25, 0.3) is 0 Å². The molecular formula is C20H23NO8S. The van der Waals surface area contributed by atoms with Crippen molar-refractivity contribution in [1.29, 1.82) is 0 Å². The van der Waals surface area contributed by atoms with Crippen molar-refractivity contribution >= 4 is 22.0 Å². The maximum atomic E-state index is 12.9. The average Bonchev–Trinajstić information content (AvgIpc) is 3.19. The fourth-order valence-electron chi connectivity index (χ4n) is 3.19. The molecule has 0 amide bonds. The summed E-state index contributed by atoms with van der Waals surface area (Å²) in [4.78, 5) is 24.0. The Morgan fingerprint density at radius 3 is 2.30 bits per heavy atom. The molecule has 1 fully saturated rings. The molecule has 0 radical (unpaired) electrons. The van der Waals surface area contributed by atoms with Crippen LogP contribution in [0, 0.1) is 0 Å². The number of sulfonamides is 1. The van der Waals surface area contributed by atoms with E-state index in [9.17, 15) is 18.0 Å². The Morgan fingerprint density at radius 1 is 1.07 bits per heavy atom.